The van der Waals surface area contributed by atoms with E-state index in [1.54, 1.807) is 0 Å². The zero-order valence-corrected chi connectivity index (χ0v) is 20.3. The number of aromatic nitrogens is 3. The summed E-state index contributed by atoms with van der Waals surface area (Å²) in [4.78, 5) is 6.54. The Morgan fingerprint density at radius 3 is 2.22 bits per heavy atom. The lowest BCUT2D eigenvalue weighted by Crippen LogP contribution is -2.56. The highest BCUT2D eigenvalue weighted by molar-refractivity contribution is 5.85. The topological polar surface area (TPSA) is 54.0 Å². The van der Waals surface area contributed by atoms with Gasteiger partial charge in [0.15, 0.2) is 5.82 Å². The maximum absolute atomic E-state index is 13.3. The second kappa shape index (κ2) is 10.3. The predicted molar refractivity (Wildman–Crippen MR) is 125 cm³/mol. The van der Waals surface area contributed by atoms with E-state index in [1.165, 1.54) is 6.33 Å². The fourth-order valence-corrected chi connectivity index (χ4v) is 5.72. The standard InChI is InChI=1S/C25H24F6N4O.ClH/c26-24(27,28)18-10-16(11-19(12-18)25(29,30)31)14-36-21-7-6-20-8-9-23(21,17-4-2-1-3-5-17)35(20)13-22-32-15-33-34-22;/h1-5,10-12,15,20-21H,6-9,13-14H2,(H,32,33,34);1H. The normalized spacial score (nSPS) is 24.2. The molecular formula is C25H25ClF6N4O. The molecule has 0 amide bonds. The first-order chi connectivity index (χ1) is 17.1. The molecule has 5 nitrogen and oxygen atoms in total. The van der Waals surface area contributed by atoms with E-state index in [1.807, 2.05) is 30.3 Å². The predicted octanol–water partition coefficient (Wildman–Crippen LogP) is 6.50. The number of hydrogen-bond donors (Lipinski definition) is 1. The molecule has 3 atom stereocenters. The lowest BCUT2D eigenvalue weighted by Gasteiger charge is -2.49. The van der Waals surface area contributed by atoms with E-state index >= 15 is 0 Å². The van der Waals surface area contributed by atoms with Gasteiger partial charge in [0.1, 0.15) is 6.33 Å². The monoisotopic (exact) mass is 546 g/mol. The first-order valence-electron chi connectivity index (χ1n) is 11.6. The molecule has 200 valence electrons. The van der Waals surface area contributed by atoms with Gasteiger partial charge in [0.2, 0.25) is 0 Å². The van der Waals surface area contributed by atoms with Crippen LogP contribution in [0.5, 0.6) is 0 Å². The first kappa shape index (κ1) is 27.4. The number of alkyl halides is 6. The van der Waals surface area contributed by atoms with E-state index in [0.29, 0.717) is 18.8 Å². The van der Waals surface area contributed by atoms with Crippen LogP contribution in [0.25, 0.3) is 0 Å². The molecule has 1 aromatic heterocycles. The number of hydrogen-bond acceptors (Lipinski definition) is 4. The van der Waals surface area contributed by atoms with E-state index in [9.17, 15) is 26.3 Å². The minimum Gasteiger partial charge on any atom is -0.371 e. The third kappa shape index (κ3) is 5.35. The van der Waals surface area contributed by atoms with Crippen molar-refractivity contribution < 1.29 is 31.1 Å². The average Bonchev–Trinajstić information content (AvgIpc) is 3.43. The molecule has 5 rings (SSSR count). The highest BCUT2D eigenvalue weighted by atomic mass is 35.5. The molecule has 2 bridgehead atoms. The van der Waals surface area contributed by atoms with Crippen molar-refractivity contribution in [1.29, 1.82) is 0 Å². The Labute approximate surface area is 215 Å². The third-order valence-electron chi connectivity index (χ3n) is 7.26. The summed E-state index contributed by atoms with van der Waals surface area (Å²) in [6.07, 6.45) is -5.70. The number of piperidine rings is 1. The van der Waals surface area contributed by atoms with Crippen molar-refractivity contribution in [2.45, 2.75) is 68.9 Å². The van der Waals surface area contributed by atoms with Crippen LogP contribution in [0.1, 0.15) is 53.8 Å². The Balaban J connectivity index is 0.00000320. The molecule has 0 spiro atoms. The second-order valence-corrected chi connectivity index (χ2v) is 9.32. The average molecular weight is 547 g/mol. The Kier molecular flexibility index (Phi) is 7.60. The molecule has 2 fully saturated rings. The van der Waals surface area contributed by atoms with E-state index in [4.69, 9.17) is 4.74 Å². The van der Waals surface area contributed by atoms with Crippen LogP contribution in [0.3, 0.4) is 0 Å². The third-order valence-corrected chi connectivity index (χ3v) is 7.26. The van der Waals surface area contributed by atoms with E-state index < -0.39 is 35.1 Å². The summed E-state index contributed by atoms with van der Waals surface area (Å²) in [7, 11) is 0. The molecule has 1 N–H and O–H groups in total. The minimum atomic E-state index is -4.90. The summed E-state index contributed by atoms with van der Waals surface area (Å²) in [5.74, 6) is 0.607. The van der Waals surface area contributed by atoms with Gasteiger partial charge in [0, 0.05) is 6.04 Å². The Morgan fingerprint density at radius 2 is 1.62 bits per heavy atom. The number of fused-ring (bicyclic) bond motifs is 2. The number of nitrogens with zero attached hydrogens (tertiary/aromatic N) is 3. The van der Waals surface area contributed by atoms with Crippen LogP contribution in [0, 0.1) is 0 Å². The van der Waals surface area contributed by atoms with Crippen LogP contribution in [0.4, 0.5) is 26.3 Å². The number of H-pyrrole nitrogens is 1. The molecular weight excluding hydrogens is 522 g/mol. The smallest absolute Gasteiger partial charge is 0.371 e. The van der Waals surface area contributed by atoms with Crippen molar-refractivity contribution in [3.05, 3.63) is 82.9 Å². The zero-order chi connectivity index (χ0) is 25.6. The zero-order valence-electron chi connectivity index (χ0n) is 19.5. The second-order valence-electron chi connectivity index (χ2n) is 9.32. The number of aromatic amines is 1. The highest BCUT2D eigenvalue weighted by Gasteiger charge is 2.56. The molecule has 2 aliphatic rings. The molecule has 37 heavy (non-hydrogen) atoms. The summed E-state index contributed by atoms with van der Waals surface area (Å²) in [5.41, 5.74) is -2.46. The summed E-state index contributed by atoms with van der Waals surface area (Å²) in [5, 5.41) is 6.90. The number of halogens is 7. The van der Waals surface area contributed by atoms with Gasteiger partial charge in [-0.1, -0.05) is 30.3 Å². The molecule has 12 heteroatoms. The lowest BCUT2D eigenvalue weighted by molar-refractivity contribution is -0.143. The van der Waals surface area contributed by atoms with Crippen molar-refractivity contribution in [1.82, 2.24) is 20.1 Å². The highest BCUT2D eigenvalue weighted by Crippen LogP contribution is 2.52. The number of nitrogens with one attached hydrogen (secondary N) is 1. The van der Waals surface area contributed by atoms with Gasteiger partial charge in [-0.3, -0.25) is 10.00 Å². The van der Waals surface area contributed by atoms with Crippen LogP contribution >= 0.6 is 12.4 Å². The molecule has 2 aromatic carbocycles. The van der Waals surface area contributed by atoms with Gasteiger partial charge >= 0.3 is 12.4 Å². The van der Waals surface area contributed by atoms with Crippen LogP contribution in [0.2, 0.25) is 0 Å². The van der Waals surface area contributed by atoms with Crippen molar-refractivity contribution in [2.24, 2.45) is 0 Å². The quantitative estimate of drug-likeness (QED) is 0.358. The number of rotatable bonds is 6. The van der Waals surface area contributed by atoms with E-state index in [-0.39, 0.29) is 36.7 Å². The van der Waals surface area contributed by atoms with Crippen molar-refractivity contribution >= 4 is 12.4 Å². The Hall–Kier alpha value is -2.63. The Bertz CT molecular complexity index is 1160. The molecule has 2 aliphatic heterocycles. The molecule has 0 aliphatic carbocycles. The van der Waals surface area contributed by atoms with Crippen LogP contribution in [0.15, 0.2) is 54.9 Å². The van der Waals surface area contributed by atoms with Gasteiger partial charge in [-0.2, -0.15) is 31.4 Å². The maximum Gasteiger partial charge on any atom is 0.416 e. The number of benzene rings is 2. The van der Waals surface area contributed by atoms with Crippen molar-refractivity contribution in [2.75, 3.05) is 0 Å². The SMILES string of the molecule is Cl.FC(F)(F)c1cc(COC2CCC3CCC2(c2ccccc2)N3Cc2nc[nH]n2)cc(C(F)(F)F)c1. The fraction of sp³-hybridized carbons (Fsp3) is 0.440. The van der Waals surface area contributed by atoms with Crippen LogP contribution < -0.4 is 0 Å². The molecule has 0 radical (unpaired) electrons. The summed E-state index contributed by atoms with van der Waals surface area (Å²) < 4.78 is 86.2. The minimum absolute atomic E-state index is 0. The lowest BCUT2D eigenvalue weighted by atomic mass is 9.79. The maximum atomic E-state index is 13.3. The van der Waals surface area contributed by atoms with Gasteiger partial charge < -0.3 is 4.74 Å². The Morgan fingerprint density at radius 1 is 0.946 bits per heavy atom. The molecule has 3 unspecified atom stereocenters. The summed E-state index contributed by atoms with van der Waals surface area (Å²) in [6, 6.07) is 11.5. The van der Waals surface area contributed by atoms with E-state index in [0.717, 1.165) is 37.0 Å². The fourth-order valence-electron chi connectivity index (χ4n) is 5.72. The molecule has 3 aromatic rings. The molecule has 0 saturated carbocycles. The molecule has 3 heterocycles. The summed E-state index contributed by atoms with van der Waals surface area (Å²) in [6.45, 7) is 0.0795. The first-order valence-corrected chi connectivity index (χ1v) is 11.6. The van der Waals surface area contributed by atoms with Crippen LogP contribution in [-0.4, -0.2) is 32.2 Å². The van der Waals surface area contributed by atoms with Crippen molar-refractivity contribution in [3.63, 3.8) is 0 Å². The van der Waals surface area contributed by atoms with E-state index in [2.05, 4.69) is 20.1 Å². The van der Waals surface area contributed by atoms with Gasteiger partial charge in [-0.25, -0.2) is 4.98 Å². The van der Waals surface area contributed by atoms with Gasteiger partial charge in [-0.05, 0) is 55.0 Å². The summed E-state index contributed by atoms with van der Waals surface area (Å²) >= 11 is 0. The van der Waals surface area contributed by atoms with Crippen molar-refractivity contribution in [3.8, 4) is 0 Å². The largest absolute Gasteiger partial charge is 0.416 e. The van der Waals surface area contributed by atoms with Gasteiger partial charge in [-0.15, -0.1) is 12.4 Å². The number of ether oxygens (including phenoxy) is 1. The molecule has 2 saturated heterocycles. The van der Waals surface area contributed by atoms with Gasteiger partial charge in [0.05, 0.1) is 35.9 Å². The van der Waals surface area contributed by atoms with Gasteiger partial charge in [0.25, 0.3) is 0 Å². The van der Waals surface area contributed by atoms with Crippen LogP contribution in [-0.2, 0) is 35.8 Å².